The van der Waals surface area contributed by atoms with Crippen molar-refractivity contribution in [1.29, 1.82) is 0 Å². The maximum atomic E-state index is 5.83. The Labute approximate surface area is 108 Å². The highest BCUT2D eigenvalue weighted by Gasteiger charge is 2.09. The monoisotopic (exact) mass is 255 g/mol. The van der Waals surface area contributed by atoms with Crippen molar-refractivity contribution in [1.82, 2.24) is 5.32 Å². The average Bonchev–Trinajstić information content (AvgIpc) is 2.36. The number of hydrogen-bond acceptors (Lipinski definition) is 4. The molecule has 0 saturated carbocycles. The first-order valence-electron chi connectivity index (χ1n) is 5.84. The Balaban J connectivity index is 2.70. The Hall–Kier alpha value is -0.870. The molecule has 1 rings (SSSR count). The lowest BCUT2D eigenvalue weighted by Crippen LogP contribution is -2.09. The lowest BCUT2D eigenvalue weighted by molar-refractivity contribution is 0.309. The SMILES string of the molecule is CCSCCOc1c(CNC)cccc1OC. The Kier molecular flexibility index (Phi) is 6.89. The van der Waals surface area contributed by atoms with Crippen LogP contribution in [0.3, 0.4) is 0 Å². The van der Waals surface area contributed by atoms with Crippen LogP contribution in [0.25, 0.3) is 0 Å². The zero-order chi connectivity index (χ0) is 12.5. The van der Waals surface area contributed by atoms with E-state index in [-0.39, 0.29) is 0 Å². The van der Waals surface area contributed by atoms with Gasteiger partial charge in [0.1, 0.15) is 0 Å². The Bertz CT molecular complexity index is 331. The van der Waals surface area contributed by atoms with Gasteiger partial charge in [-0.3, -0.25) is 0 Å². The van der Waals surface area contributed by atoms with Crippen LogP contribution < -0.4 is 14.8 Å². The van der Waals surface area contributed by atoms with Crippen molar-refractivity contribution < 1.29 is 9.47 Å². The first-order valence-corrected chi connectivity index (χ1v) is 7.00. The molecule has 0 aliphatic carbocycles. The van der Waals surface area contributed by atoms with Crippen molar-refractivity contribution in [2.45, 2.75) is 13.5 Å². The molecule has 96 valence electrons. The number of methoxy groups -OCH3 is 1. The molecule has 0 amide bonds. The van der Waals surface area contributed by atoms with Crippen molar-refractivity contribution in [3.8, 4) is 11.5 Å². The van der Waals surface area contributed by atoms with E-state index < -0.39 is 0 Å². The molecule has 4 heteroatoms. The first-order chi connectivity index (χ1) is 8.33. The van der Waals surface area contributed by atoms with Gasteiger partial charge in [-0.05, 0) is 18.9 Å². The van der Waals surface area contributed by atoms with Gasteiger partial charge in [-0.1, -0.05) is 19.1 Å². The molecule has 17 heavy (non-hydrogen) atoms. The van der Waals surface area contributed by atoms with Crippen molar-refractivity contribution in [3.05, 3.63) is 23.8 Å². The van der Waals surface area contributed by atoms with Crippen LogP contribution in [0.5, 0.6) is 11.5 Å². The zero-order valence-corrected chi connectivity index (χ0v) is 11.6. The van der Waals surface area contributed by atoms with Gasteiger partial charge in [-0.2, -0.15) is 11.8 Å². The topological polar surface area (TPSA) is 30.5 Å². The third-order valence-electron chi connectivity index (χ3n) is 2.33. The number of thioether (sulfide) groups is 1. The van der Waals surface area contributed by atoms with Gasteiger partial charge in [0, 0.05) is 17.9 Å². The molecule has 1 aromatic carbocycles. The molecule has 0 heterocycles. The van der Waals surface area contributed by atoms with Crippen LogP contribution in [0.15, 0.2) is 18.2 Å². The fourth-order valence-electron chi connectivity index (χ4n) is 1.56. The van der Waals surface area contributed by atoms with E-state index in [4.69, 9.17) is 9.47 Å². The van der Waals surface area contributed by atoms with E-state index in [2.05, 4.69) is 18.3 Å². The van der Waals surface area contributed by atoms with Crippen LogP contribution in [-0.4, -0.2) is 32.3 Å². The second kappa shape index (κ2) is 8.25. The van der Waals surface area contributed by atoms with E-state index >= 15 is 0 Å². The maximum absolute atomic E-state index is 5.83. The van der Waals surface area contributed by atoms with Crippen molar-refractivity contribution >= 4 is 11.8 Å². The number of hydrogen-bond donors (Lipinski definition) is 1. The second-order valence-electron chi connectivity index (χ2n) is 3.52. The third kappa shape index (κ3) is 4.48. The molecule has 0 spiro atoms. The number of nitrogens with one attached hydrogen (secondary N) is 1. The largest absolute Gasteiger partial charge is 0.493 e. The summed E-state index contributed by atoms with van der Waals surface area (Å²) in [5, 5.41) is 3.14. The molecule has 0 aliphatic heterocycles. The first kappa shape index (κ1) is 14.2. The highest BCUT2D eigenvalue weighted by atomic mass is 32.2. The van der Waals surface area contributed by atoms with Gasteiger partial charge >= 0.3 is 0 Å². The highest BCUT2D eigenvalue weighted by molar-refractivity contribution is 7.99. The minimum absolute atomic E-state index is 0.718. The van der Waals surface area contributed by atoms with Gasteiger partial charge in [0.05, 0.1) is 13.7 Å². The number of benzene rings is 1. The van der Waals surface area contributed by atoms with E-state index in [0.717, 1.165) is 41.7 Å². The highest BCUT2D eigenvalue weighted by Crippen LogP contribution is 2.31. The predicted octanol–water partition coefficient (Wildman–Crippen LogP) is 2.55. The van der Waals surface area contributed by atoms with Crippen molar-refractivity contribution in [3.63, 3.8) is 0 Å². The summed E-state index contributed by atoms with van der Waals surface area (Å²) in [4.78, 5) is 0. The average molecular weight is 255 g/mol. The molecule has 0 unspecified atom stereocenters. The summed E-state index contributed by atoms with van der Waals surface area (Å²) in [6.07, 6.45) is 0. The minimum atomic E-state index is 0.718. The number of rotatable bonds is 8. The van der Waals surface area contributed by atoms with E-state index in [0.29, 0.717) is 0 Å². The summed E-state index contributed by atoms with van der Waals surface area (Å²) >= 11 is 1.88. The van der Waals surface area contributed by atoms with E-state index in [1.165, 1.54) is 0 Å². The summed E-state index contributed by atoms with van der Waals surface area (Å²) in [5.74, 6) is 3.80. The van der Waals surface area contributed by atoms with Gasteiger partial charge in [-0.25, -0.2) is 0 Å². The summed E-state index contributed by atoms with van der Waals surface area (Å²) in [6.45, 7) is 3.66. The maximum Gasteiger partial charge on any atom is 0.165 e. The van der Waals surface area contributed by atoms with Gasteiger partial charge in [0.25, 0.3) is 0 Å². The minimum Gasteiger partial charge on any atom is -0.493 e. The van der Waals surface area contributed by atoms with Crippen LogP contribution in [0, 0.1) is 0 Å². The molecule has 0 fully saturated rings. The molecule has 0 saturated heterocycles. The predicted molar refractivity (Wildman–Crippen MR) is 74.3 cm³/mol. The van der Waals surface area contributed by atoms with Crippen LogP contribution in [0.1, 0.15) is 12.5 Å². The molecule has 0 atom stereocenters. The molecule has 1 N–H and O–H groups in total. The van der Waals surface area contributed by atoms with Crippen molar-refractivity contribution in [2.24, 2.45) is 0 Å². The standard InChI is InChI=1S/C13H21NO2S/c1-4-17-9-8-16-13-11(10-14-2)6-5-7-12(13)15-3/h5-7,14H,4,8-10H2,1-3H3. The summed E-state index contributed by atoms with van der Waals surface area (Å²) in [6, 6.07) is 5.97. The zero-order valence-electron chi connectivity index (χ0n) is 10.8. The third-order valence-corrected chi connectivity index (χ3v) is 3.19. The van der Waals surface area contributed by atoms with Crippen molar-refractivity contribution in [2.75, 3.05) is 32.3 Å². The van der Waals surface area contributed by atoms with E-state index in [1.54, 1.807) is 7.11 Å². The summed E-state index contributed by atoms with van der Waals surface area (Å²) in [7, 11) is 3.60. The molecular weight excluding hydrogens is 234 g/mol. The number of para-hydroxylation sites is 1. The molecule has 0 aromatic heterocycles. The second-order valence-corrected chi connectivity index (χ2v) is 4.92. The van der Waals surface area contributed by atoms with Crippen LogP contribution >= 0.6 is 11.8 Å². The quantitative estimate of drug-likeness (QED) is 0.723. The van der Waals surface area contributed by atoms with Crippen LogP contribution in [0.4, 0.5) is 0 Å². The van der Waals surface area contributed by atoms with Crippen LogP contribution in [-0.2, 0) is 6.54 Å². The lowest BCUT2D eigenvalue weighted by Gasteiger charge is -2.14. The smallest absolute Gasteiger partial charge is 0.165 e. The molecule has 0 aliphatic rings. The van der Waals surface area contributed by atoms with Gasteiger partial charge in [-0.15, -0.1) is 0 Å². The Morgan fingerprint density at radius 3 is 2.82 bits per heavy atom. The van der Waals surface area contributed by atoms with Gasteiger partial charge in [0.2, 0.25) is 0 Å². The van der Waals surface area contributed by atoms with Crippen LogP contribution in [0.2, 0.25) is 0 Å². The summed E-state index contributed by atoms with van der Waals surface area (Å²) in [5.41, 5.74) is 1.13. The van der Waals surface area contributed by atoms with Gasteiger partial charge in [0.15, 0.2) is 11.5 Å². The molecule has 3 nitrogen and oxygen atoms in total. The molecule has 1 aromatic rings. The molecule has 0 bridgehead atoms. The Morgan fingerprint density at radius 1 is 1.35 bits per heavy atom. The summed E-state index contributed by atoms with van der Waals surface area (Å²) < 4.78 is 11.2. The lowest BCUT2D eigenvalue weighted by atomic mass is 10.2. The fraction of sp³-hybridized carbons (Fsp3) is 0.538. The number of ether oxygens (including phenoxy) is 2. The fourth-order valence-corrected chi connectivity index (χ4v) is 2.05. The Morgan fingerprint density at radius 2 is 2.18 bits per heavy atom. The molecular formula is C13H21NO2S. The van der Waals surface area contributed by atoms with Gasteiger partial charge < -0.3 is 14.8 Å². The normalized spacial score (nSPS) is 10.3. The van der Waals surface area contributed by atoms with E-state index in [9.17, 15) is 0 Å². The molecule has 0 radical (unpaired) electrons. The van der Waals surface area contributed by atoms with E-state index in [1.807, 2.05) is 30.9 Å².